The first-order valence-corrected chi connectivity index (χ1v) is 7.15. The van der Waals surface area contributed by atoms with E-state index in [1.165, 1.54) is 0 Å². The molecule has 0 bridgehead atoms. The van der Waals surface area contributed by atoms with Gasteiger partial charge in [-0.15, -0.1) is 12.3 Å². The summed E-state index contributed by atoms with van der Waals surface area (Å²) < 4.78 is 23.2. The molecule has 92 valence electrons. The lowest BCUT2D eigenvalue weighted by Crippen LogP contribution is -2.10. The van der Waals surface area contributed by atoms with Gasteiger partial charge in [-0.2, -0.15) is 0 Å². The van der Waals surface area contributed by atoms with Crippen LogP contribution in [-0.4, -0.2) is 13.2 Å². The smallest absolute Gasteiger partial charge is 0.305 e. The molecule has 0 radical (unpaired) electrons. The standard InChI is InChI=1S/C13H17O3P/c1-3-5-9-12-16-17(14,15-4-2)13-10-7-6-8-11-13/h1,6-8,10-11H,4-5,9,12H2,2H3. The van der Waals surface area contributed by atoms with Crippen LogP contribution in [0.4, 0.5) is 0 Å². The molecule has 0 spiro atoms. The minimum absolute atomic E-state index is 0.344. The molecule has 0 aliphatic carbocycles. The second-order valence-corrected chi connectivity index (χ2v) is 5.42. The Balaban J connectivity index is 2.70. The topological polar surface area (TPSA) is 35.5 Å². The van der Waals surface area contributed by atoms with Crippen LogP contribution in [0.15, 0.2) is 30.3 Å². The summed E-state index contributed by atoms with van der Waals surface area (Å²) in [6, 6.07) is 8.98. The van der Waals surface area contributed by atoms with Crippen LogP contribution in [-0.2, 0) is 13.6 Å². The van der Waals surface area contributed by atoms with Crippen molar-refractivity contribution in [2.45, 2.75) is 19.8 Å². The lowest BCUT2D eigenvalue weighted by Gasteiger charge is -2.17. The van der Waals surface area contributed by atoms with E-state index in [1.807, 2.05) is 18.2 Å². The maximum absolute atomic E-state index is 12.5. The van der Waals surface area contributed by atoms with E-state index in [0.717, 1.165) is 0 Å². The summed E-state index contributed by atoms with van der Waals surface area (Å²) in [5.41, 5.74) is 0. The lowest BCUT2D eigenvalue weighted by molar-refractivity contribution is 0.219. The molecule has 17 heavy (non-hydrogen) atoms. The van der Waals surface area contributed by atoms with E-state index in [4.69, 9.17) is 15.5 Å². The van der Waals surface area contributed by atoms with Crippen molar-refractivity contribution in [3.63, 3.8) is 0 Å². The Hall–Kier alpha value is -1.07. The first-order chi connectivity index (χ1) is 8.23. The predicted octanol–water partition coefficient (Wildman–Crippen LogP) is 2.97. The average Bonchev–Trinajstić information content (AvgIpc) is 2.36. The van der Waals surface area contributed by atoms with Gasteiger partial charge in [0, 0.05) is 6.42 Å². The van der Waals surface area contributed by atoms with Gasteiger partial charge in [-0.25, -0.2) is 0 Å². The minimum atomic E-state index is -3.18. The van der Waals surface area contributed by atoms with Gasteiger partial charge in [0.1, 0.15) is 0 Å². The zero-order chi connectivity index (χ0) is 12.6. The molecule has 0 heterocycles. The number of terminal acetylenes is 1. The highest BCUT2D eigenvalue weighted by Crippen LogP contribution is 2.46. The van der Waals surface area contributed by atoms with Crippen LogP contribution in [0.25, 0.3) is 0 Å². The summed E-state index contributed by atoms with van der Waals surface area (Å²) in [5, 5.41) is 0.586. The third-order valence-electron chi connectivity index (χ3n) is 2.10. The van der Waals surface area contributed by atoms with E-state index >= 15 is 0 Å². The fourth-order valence-electron chi connectivity index (χ4n) is 1.33. The van der Waals surface area contributed by atoms with E-state index in [0.29, 0.717) is 31.4 Å². The van der Waals surface area contributed by atoms with E-state index in [2.05, 4.69) is 5.92 Å². The van der Waals surface area contributed by atoms with Crippen LogP contribution in [0.1, 0.15) is 19.8 Å². The molecule has 0 fully saturated rings. The molecule has 1 atom stereocenters. The predicted molar refractivity (Wildman–Crippen MR) is 69.3 cm³/mol. The average molecular weight is 252 g/mol. The second-order valence-electron chi connectivity index (χ2n) is 3.39. The molecule has 1 unspecified atom stereocenters. The normalized spacial score (nSPS) is 13.9. The molecule has 1 rings (SSSR count). The third-order valence-corrected chi connectivity index (χ3v) is 4.15. The van der Waals surface area contributed by atoms with Gasteiger partial charge < -0.3 is 9.05 Å². The van der Waals surface area contributed by atoms with Gasteiger partial charge in [-0.1, -0.05) is 18.2 Å². The number of hydrogen-bond acceptors (Lipinski definition) is 3. The lowest BCUT2D eigenvalue weighted by atomic mass is 10.3. The van der Waals surface area contributed by atoms with E-state index in [1.54, 1.807) is 19.1 Å². The molecule has 0 saturated heterocycles. The monoisotopic (exact) mass is 252 g/mol. The Bertz CT molecular complexity index is 408. The molecule has 1 aromatic rings. The first kappa shape index (κ1) is 14.0. The molecular formula is C13H17O3P. The summed E-state index contributed by atoms with van der Waals surface area (Å²) in [6.45, 7) is 2.48. The van der Waals surface area contributed by atoms with Crippen LogP contribution in [0.5, 0.6) is 0 Å². The maximum Gasteiger partial charge on any atom is 0.361 e. The van der Waals surface area contributed by atoms with Crippen LogP contribution >= 0.6 is 7.60 Å². The molecule has 0 aliphatic rings. The Morgan fingerprint density at radius 3 is 2.59 bits per heavy atom. The quantitative estimate of drug-likeness (QED) is 0.425. The summed E-state index contributed by atoms with van der Waals surface area (Å²) in [5.74, 6) is 2.52. The zero-order valence-electron chi connectivity index (χ0n) is 9.96. The number of rotatable bonds is 7. The van der Waals surface area contributed by atoms with Gasteiger partial charge >= 0.3 is 7.60 Å². The molecule has 3 nitrogen and oxygen atoms in total. The van der Waals surface area contributed by atoms with Gasteiger partial charge in [0.05, 0.1) is 18.5 Å². The maximum atomic E-state index is 12.5. The van der Waals surface area contributed by atoms with Crippen molar-refractivity contribution in [2.75, 3.05) is 13.2 Å². The summed E-state index contributed by atoms with van der Waals surface area (Å²) in [6.07, 6.45) is 6.44. The largest absolute Gasteiger partial charge is 0.361 e. The molecule has 0 aliphatic heterocycles. The molecule has 0 saturated carbocycles. The fraction of sp³-hybridized carbons (Fsp3) is 0.385. The minimum Gasteiger partial charge on any atom is -0.305 e. The van der Waals surface area contributed by atoms with Crippen LogP contribution < -0.4 is 5.30 Å². The van der Waals surface area contributed by atoms with Crippen LogP contribution in [0, 0.1) is 12.3 Å². The second kappa shape index (κ2) is 7.29. The van der Waals surface area contributed by atoms with Gasteiger partial charge in [0.2, 0.25) is 0 Å². The molecular weight excluding hydrogens is 235 g/mol. The van der Waals surface area contributed by atoms with Crippen molar-refractivity contribution < 1.29 is 13.6 Å². The Morgan fingerprint density at radius 1 is 1.29 bits per heavy atom. The van der Waals surface area contributed by atoms with Crippen molar-refractivity contribution in [1.82, 2.24) is 0 Å². The molecule has 0 amide bonds. The Kier molecular flexibility index (Phi) is 6.00. The third kappa shape index (κ3) is 4.36. The first-order valence-electron chi connectivity index (χ1n) is 5.61. The van der Waals surface area contributed by atoms with Crippen molar-refractivity contribution in [2.24, 2.45) is 0 Å². The van der Waals surface area contributed by atoms with Crippen LogP contribution in [0.2, 0.25) is 0 Å². The summed E-state index contributed by atoms with van der Waals surface area (Å²) >= 11 is 0. The van der Waals surface area contributed by atoms with E-state index in [-0.39, 0.29) is 0 Å². The number of unbranched alkanes of at least 4 members (excludes halogenated alkanes) is 1. The molecule has 0 N–H and O–H groups in total. The molecule has 1 aromatic carbocycles. The highest BCUT2D eigenvalue weighted by atomic mass is 31.2. The van der Waals surface area contributed by atoms with Crippen molar-refractivity contribution >= 4 is 12.9 Å². The van der Waals surface area contributed by atoms with Gasteiger partial charge in [0.15, 0.2) is 0 Å². The number of benzene rings is 1. The van der Waals surface area contributed by atoms with Crippen molar-refractivity contribution in [3.05, 3.63) is 30.3 Å². The van der Waals surface area contributed by atoms with Gasteiger partial charge in [-0.05, 0) is 25.5 Å². The van der Waals surface area contributed by atoms with Crippen LogP contribution in [0.3, 0.4) is 0 Å². The fourth-order valence-corrected chi connectivity index (χ4v) is 2.95. The summed E-state index contributed by atoms with van der Waals surface area (Å²) in [4.78, 5) is 0. The van der Waals surface area contributed by atoms with Crippen molar-refractivity contribution in [3.8, 4) is 12.3 Å². The van der Waals surface area contributed by atoms with Gasteiger partial charge in [0.25, 0.3) is 0 Å². The molecule has 4 heteroatoms. The Morgan fingerprint density at radius 2 is 2.00 bits per heavy atom. The van der Waals surface area contributed by atoms with Crippen molar-refractivity contribution in [1.29, 1.82) is 0 Å². The highest BCUT2D eigenvalue weighted by molar-refractivity contribution is 7.62. The molecule has 0 aromatic heterocycles. The highest BCUT2D eigenvalue weighted by Gasteiger charge is 2.26. The van der Waals surface area contributed by atoms with E-state index < -0.39 is 7.60 Å². The Labute approximate surface area is 103 Å². The number of hydrogen-bond donors (Lipinski definition) is 0. The zero-order valence-corrected chi connectivity index (χ0v) is 10.9. The summed E-state index contributed by atoms with van der Waals surface area (Å²) in [7, 11) is -3.18. The van der Waals surface area contributed by atoms with Gasteiger partial charge in [-0.3, -0.25) is 4.57 Å². The SMILES string of the molecule is C#CCCCOP(=O)(OCC)c1ccccc1. The van der Waals surface area contributed by atoms with E-state index in [9.17, 15) is 4.57 Å².